The van der Waals surface area contributed by atoms with Crippen LogP contribution >= 0.6 is 12.2 Å². The van der Waals surface area contributed by atoms with Crippen molar-refractivity contribution in [3.8, 4) is 0 Å². The fourth-order valence-corrected chi connectivity index (χ4v) is 0.809. The van der Waals surface area contributed by atoms with E-state index in [2.05, 4.69) is 0 Å². The Morgan fingerprint density at radius 2 is 2.14 bits per heavy atom. The number of rotatable bonds is 5. The van der Waals surface area contributed by atoms with Crippen molar-refractivity contribution in [2.75, 3.05) is 20.2 Å². The fourth-order valence-electron chi connectivity index (χ4n) is 0.717. The zero-order valence-corrected chi connectivity index (χ0v) is 9.76. The lowest BCUT2D eigenvalue weighted by atomic mass is 10.2. The van der Waals surface area contributed by atoms with Crippen molar-refractivity contribution < 1.29 is 9.53 Å². The normalized spacial score (nSPS) is 10.0. The average Bonchev–Trinajstić information content (AvgIpc) is 2.09. The zero-order valence-electron chi connectivity index (χ0n) is 8.95. The molecule has 0 aromatic heterocycles. The van der Waals surface area contributed by atoms with Gasteiger partial charge in [-0.2, -0.15) is 0 Å². The van der Waals surface area contributed by atoms with Gasteiger partial charge in [0.05, 0.1) is 11.6 Å². The van der Waals surface area contributed by atoms with Gasteiger partial charge < -0.3 is 15.4 Å². The summed E-state index contributed by atoms with van der Waals surface area (Å²) in [5.74, 6) is 0.350. The minimum Gasteiger partial charge on any atom is -0.449 e. The number of hydrogen-bond donors (Lipinski definition) is 1. The van der Waals surface area contributed by atoms with Crippen LogP contribution in [0, 0.1) is 5.92 Å². The Bertz CT molecular complexity index is 207. The minimum absolute atomic E-state index is 0.324. The highest BCUT2D eigenvalue weighted by atomic mass is 32.1. The largest absolute Gasteiger partial charge is 0.449 e. The van der Waals surface area contributed by atoms with E-state index < -0.39 is 0 Å². The predicted molar refractivity (Wildman–Crippen MR) is 60.2 cm³/mol. The summed E-state index contributed by atoms with van der Waals surface area (Å²) in [6.45, 7) is 4.92. The summed E-state index contributed by atoms with van der Waals surface area (Å²) in [5, 5.41) is 0. The van der Waals surface area contributed by atoms with Crippen molar-refractivity contribution in [2.24, 2.45) is 11.7 Å². The van der Waals surface area contributed by atoms with Gasteiger partial charge in [-0.3, -0.25) is 0 Å². The van der Waals surface area contributed by atoms with E-state index in [0.717, 1.165) is 0 Å². The molecule has 0 unspecified atom stereocenters. The van der Waals surface area contributed by atoms with Crippen molar-refractivity contribution in [2.45, 2.75) is 20.3 Å². The molecule has 0 aromatic rings. The molecule has 0 fully saturated rings. The van der Waals surface area contributed by atoms with Crippen LogP contribution in [0.2, 0.25) is 0 Å². The lowest BCUT2D eigenvalue weighted by Gasteiger charge is -2.17. The third-order valence-corrected chi connectivity index (χ3v) is 1.75. The maximum atomic E-state index is 11.3. The van der Waals surface area contributed by atoms with Crippen LogP contribution in [0.1, 0.15) is 20.3 Å². The Morgan fingerprint density at radius 3 is 2.57 bits per heavy atom. The molecule has 1 amide bonds. The van der Waals surface area contributed by atoms with Crippen LogP contribution in [0.25, 0.3) is 0 Å². The molecule has 0 heterocycles. The van der Waals surface area contributed by atoms with E-state index >= 15 is 0 Å². The van der Waals surface area contributed by atoms with Crippen LogP contribution in [-0.4, -0.2) is 36.2 Å². The maximum Gasteiger partial charge on any atom is 0.409 e. The van der Waals surface area contributed by atoms with Gasteiger partial charge in [0.15, 0.2) is 0 Å². The first-order valence-electron chi connectivity index (χ1n) is 4.59. The van der Waals surface area contributed by atoms with E-state index in [1.165, 1.54) is 4.90 Å². The molecule has 0 aromatic carbocycles. The van der Waals surface area contributed by atoms with Crippen molar-refractivity contribution in [1.82, 2.24) is 4.90 Å². The van der Waals surface area contributed by atoms with Crippen LogP contribution in [0.5, 0.6) is 0 Å². The molecule has 0 saturated heterocycles. The number of hydrogen-bond acceptors (Lipinski definition) is 3. The van der Waals surface area contributed by atoms with Gasteiger partial charge in [0.1, 0.15) is 0 Å². The average molecular weight is 218 g/mol. The standard InChI is InChI=1S/C9H18N2O2S/c1-7(2)6-13-9(12)11(3)5-4-8(10)14/h7H,4-6H2,1-3H3,(H2,10,14). The summed E-state index contributed by atoms with van der Waals surface area (Å²) >= 11 is 4.71. The number of amides is 1. The molecule has 0 atom stereocenters. The number of nitrogens with two attached hydrogens (primary N) is 1. The number of carbonyl (C=O) groups excluding carboxylic acids is 1. The second-order valence-electron chi connectivity index (χ2n) is 3.61. The summed E-state index contributed by atoms with van der Waals surface area (Å²) in [6.07, 6.45) is 0.206. The number of nitrogens with zero attached hydrogens (tertiary/aromatic N) is 1. The van der Waals surface area contributed by atoms with Crippen LogP contribution < -0.4 is 5.73 Å². The first kappa shape index (κ1) is 13.2. The van der Waals surface area contributed by atoms with Gasteiger partial charge in [0, 0.05) is 20.0 Å². The van der Waals surface area contributed by atoms with Crippen molar-refractivity contribution in [3.05, 3.63) is 0 Å². The summed E-state index contributed by atoms with van der Waals surface area (Å²) in [7, 11) is 1.67. The van der Waals surface area contributed by atoms with Gasteiger partial charge in [-0.25, -0.2) is 4.79 Å². The zero-order chi connectivity index (χ0) is 11.1. The second kappa shape index (κ2) is 6.59. The molecule has 4 nitrogen and oxygen atoms in total. The van der Waals surface area contributed by atoms with Crippen molar-refractivity contribution >= 4 is 23.3 Å². The molecule has 2 N–H and O–H groups in total. The topological polar surface area (TPSA) is 55.6 Å². The van der Waals surface area contributed by atoms with Gasteiger partial charge in [-0.1, -0.05) is 26.1 Å². The van der Waals surface area contributed by atoms with E-state index in [0.29, 0.717) is 30.5 Å². The molecular weight excluding hydrogens is 200 g/mol. The highest BCUT2D eigenvalue weighted by Gasteiger charge is 2.10. The van der Waals surface area contributed by atoms with Crippen LogP contribution in [0.15, 0.2) is 0 Å². The molecule has 0 radical (unpaired) electrons. The molecule has 0 aliphatic carbocycles. The molecule has 0 rings (SSSR count). The number of thiocarbonyl (C=S) groups is 1. The number of carbonyl (C=O) groups is 1. The van der Waals surface area contributed by atoms with Gasteiger partial charge >= 0.3 is 6.09 Å². The quantitative estimate of drug-likeness (QED) is 0.708. The van der Waals surface area contributed by atoms with Crippen LogP contribution in [0.4, 0.5) is 4.79 Å². The maximum absolute atomic E-state index is 11.3. The molecule has 14 heavy (non-hydrogen) atoms. The van der Waals surface area contributed by atoms with E-state index in [1.54, 1.807) is 7.05 Å². The lowest BCUT2D eigenvalue weighted by Crippen LogP contribution is -2.31. The Kier molecular flexibility index (Phi) is 6.19. The highest BCUT2D eigenvalue weighted by Crippen LogP contribution is 1.97. The van der Waals surface area contributed by atoms with E-state index in [-0.39, 0.29) is 6.09 Å². The van der Waals surface area contributed by atoms with E-state index in [1.807, 2.05) is 13.8 Å². The highest BCUT2D eigenvalue weighted by molar-refractivity contribution is 7.80. The summed E-state index contributed by atoms with van der Waals surface area (Å²) in [4.78, 5) is 13.2. The SMILES string of the molecule is CC(C)COC(=O)N(C)CCC(N)=S. The van der Waals surface area contributed by atoms with E-state index in [4.69, 9.17) is 22.7 Å². The second-order valence-corrected chi connectivity index (χ2v) is 4.13. The monoisotopic (exact) mass is 218 g/mol. The van der Waals surface area contributed by atoms with Crippen LogP contribution in [0.3, 0.4) is 0 Å². The Hall–Kier alpha value is -0.840. The van der Waals surface area contributed by atoms with Gasteiger partial charge in [-0.05, 0) is 5.92 Å². The molecule has 0 aliphatic heterocycles. The fraction of sp³-hybridized carbons (Fsp3) is 0.778. The smallest absolute Gasteiger partial charge is 0.409 e. The molecule has 0 bridgehead atoms. The predicted octanol–water partition coefficient (Wildman–Crippen LogP) is 1.39. The van der Waals surface area contributed by atoms with Gasteiger partial charge in [-0.15, -0.1) is 0 Å². The first-order chi connectivity index (χ1) is 6.43. The first-order valence-corrected chi connectivity index (χ1v) is 5.00. The summed E-state index contributed by atoms with van der Waals surface area (Å²) in [5.41, 5.74) is 5.32. The number of ether oxygens (including phenoxy) is 1. The molecule has 0 aliphatic rings. The Morgan fingerprint density at radius 1 is 1.57 bits per heavy atom. The Balaban J connectivity index is 3.70. The third kappa shape index (κ3) is 6.65. The molecule has 0 spiro atoms. The van der Waals surface area contributed by atoms with E-state index in [9.17, 15) is 4.79 Å². The van der Waals surface area contributed by atoms with Gasteiger partial charge in [0.25, 0.3) is 0 Å². The minimum atomic E-state index is -0.324. The molecule has 82 valence electrons. The van der Waals surface area contributed by atoms with Crippen molar-refractivity contribution in [3.63, 3.8) is 0 Å². The molecule has 5 heteroatoms. The van der Waals surface area contributed by atoms with Crippen molar-refractivity contribution in [1.29, 1.82) is 0 Å². The molecule has 0 saturated carbocycles. The van der Waals surface area contributed by atoms with Gasteiger partial charge in [0.2, 0.25) is 0 Å². The summed E-state index contributed by atoms with van der Waals surface area (Å²) in [6, 6.07) is 0. The molecular formula is C9H18N2O2S. The summed E-state index contributed by atoms with van der Waals surface area (Å²) < 4.78 is 5.00. The third-order valence-electron chi connectivity index (χ3n) is 1.55. The van der Waals surface area contributed by atoms with Crippen LogP contribution in [-0.2, 0) is 4.74 Å². The Labute approximate surface area is 90.4 Å². The lowest BCUT2D eigenvalue weighted by molar-refractivity contribution is 0.101.